The van der Waals surface area contributed by atoms with Crippen LogP contribution in [0.2, 0.25) is 0 Å². The van der Waals surface area contributed by atoms with Gasteiger partial charge in [-0.1, -0.05) is 6.07 Å². The van der Waals surface area contributed by atoms with E-state index < -0.39 is 0 Å². The van der Waals surface area contributed by atoms with Crippen molar-refractivity contribution in [2.45, 2.75) is 26.7 Å². The fourth-order valence-electron chi connectivity index (χ4n) is 2.50. The molecule has 0 amide bonds. The molecule has 2 aromatic heterocycles. The number of pyridine rings is 1. The van der Waals surface area contributed by atoms with Gasteiger partial charge in [-0.2, -0.15) is 0 Å². The molecule has 4 nitrogen and oxygen atoms in total. The van der Waals surface area contributed by atoms with Crippen molar-refractivity contribution in [3.8, 4) is 0 Å². The molecule has 1 aliphatic heterocycles. The summed E-state index contributed by atoms with van der Waals surface area (Å²) in [6.45, 7) is 6.34. The molecule has 4 heteroatoms. The number of nitrogen functional groups attached to an aromatic ring is 1. The van der Waals surface area contributed by atoms with Gasteiger partial charge in [0.15, 0.2) is 5.82 Å². The number of rotatable bonds is 1. The molecule has 0 radical (unpaired) electrons. The molecular weight excluding hydrogens is 212 g/mol. The van der Waals surface area contributed by atoms with Crippen molar-refractivity contribution in [1.29, 1.82) is 0 Å². The molecule has 1 fully saturated rings. The molecule has 0 aromatic carbocycles. The van der Waals surface area contributed by atoms with Gasteiger partial charge >= 0.3 is 0 Å². The summed E-state index contributed by atoms with van der Waals surface area (Å²) in [6, 6.07) is 4.17. The number of hydrogen-bond acceptors (Lipinski definition) is 3. The molecule has 1 saturated heterocycles. The smallest absolute Gasteiger partial charge is 0.174 e. The monoisotopic (exact) mass is 230 g/mol. The predicted octanol–water partition coefficient (Wildman–Crippen LogP) is 2.13. The van der Waals surface area contributed by atoms with Gasteiger partial charge in [0.2, 0.25) is 0 Å². The maximum atomic E-state index is 6.21. The third kappa shape index (κ3) is 1.47. The van der Waals surface area contributed by atoms with E-state index >= 15 is 0 Å². The van der Waals surface area contributed by atoms with Gasteiger partial charge in [0.25, 0.3) is 0 Å². The Morgan fingerprint density at radius 3 is 2.59 bits per heavy atom. The first kappa shape index (κ1) is 10.4. The van der Waals surface area contributed by atoms with Crippen LogP contribution in [0.1, 0.15) is 24.1 Å². The minimum Gasteiger partial charge on any atom is -0.394 e. The average Bonchev–Trinajstić information content (AvgIpc) is 2.92. The fraction of sp³-hybridized carbons (Fsp3) is 0.462. The van der Waals surface area contributed by atoms with E-state index in [0.29, 0.717) is 0 Å². The van der Waals surface area contributed by atoms with Gasteiger partial charge in [0.1, 0.15) is 5.69 Å². The second-order valence-electron chi connectivity index (χ2n) is 4.83. The Morgan fingerprint density at radius 1 is 1.18 bits per heavy atom. The Labute approximate surface area is 101 Å². The average molecular weight is 230 g/mol. The first-order chi connectivity index (χ1) is 8.18. The number of aryl methyl sites for hydroxylation is 2. The van der Waals surface area contributed by atoms with Crippen LogP contribution in [0.3, 0.4) is 0 Å². The molecule has 0 unspecified atom stereocenters. The number of fused-ring (bicyclic) bond motifs is 1. The zero-order valence-electron chi connectivity index (χ0n) is 10.4. The molecule has 0 spiro atoms. The summed E-state index contributed by atoms with van der Waals surface area (Å²) in [5.74, 6) is 0.955. The fourth-order valence-corrected chi connectivity index (χ4v) is 2.50. The maximum absolute atomic E-state index is 6.21. The van der Waals surface area contributed by atoms with Crippen molar-refractivity contribution in [2.75, 3.05) is 23.7 Å². The van der Waals surface area contributed by atoms with Crippen molar-refractivity contribution in [3.63, 3.8) is 0 Å². The molecule has 90 valence electrons. The summed E-state index contributed by atoms with van der Waals surface area (Å²) in [5, 5.41) is 4.67. The number of hydrogen-bond donors (Lipinski definition) is 1. The zero-order valence-corrected chi connectivity index (χ0v) is 10.4. The van der Waals surface area contributed by atoms with E-state index in [1.54, 1.807) is 0 Å². The van der Waals surface area contributed by atoms with E-state index in [1.807, 2.05) is 4.52 Å². The van der Waals surface area contributed by atoms with E-state index in [1.165, 1.54) is 24.1 Å². The minimum atomic E-state index is 0.815. The van der Waals surface area contributed by atoms with Gasteiger partial charge in [-0.3, -0.25) is 0 Å². The minimum absolute atomic E-state index is 0.815. The number of nitrogens with two attached hydrogens (primary N) is 1. The zero-order chi connectivity index (χ0) is 12.0. The Balaban J connectivity index is 2.20. The third-order valence-electron chi connectivity index (χ3n) is 3.72. The van der Waals surface area contributed by atoms with Gasteiger partial charge < -0.3 is 10.6 Å². The molecule has 0 bridgehead atoms. The lowest BCUT2D eigenvalue weighted by Crippen LogP contribution is -2.19. The summed E-state index contributed by atoms with van der Waals surface area (Å²) < 4.78 is 1.97. The molecule has 0 atom stereocenters. The number of anilines is 2. The van der Waals surface area contributed by atoms with Crippen LogP contribution in [0, 0.1) is 13.8 Å². The highest BCUT2D eigenvalue weighted by atomic mass is 15.3. The molecule has 3 rings (SSSR count). The van der Waals surface area contributed by atoms with E-state index in [-0.39, 0.29) is 0 Å². The van der Waals surface area contributed by atoms with E-state index in [2.05, 4.69) is 36.0 Å². The third-order valence-corrected chi connectivity index (χ3v) is 3.72. The molecular formula is C13H18N4. The highest BCUT2D eigenvalue weighted by Crippen LogP contribution is 2.30. The number of aromatic nitrogens is 2. The van der Waals surface area contributed by atoms with Gasteiger partial charge in [0, 0.05) is 18.8 Å². The molecule has 0 saturated carbocycles. The van der Waals surface area contributed by atoms with E-state index in [9.17, 15) is 0 Å². The Bertz CT molecular complexity index is 564. The standard InChI is InChI=1S/C13H18N4/c1-9-5-6-11-12(14)13(15-17(11)10(9)2)16-7-3-4-8-16/h5-6H,3-4,7-8,14H2,1-2H3. The summed E-state index contributed by atoms with van der Waals surface area (Å²) in [6.07, 6.45) is 2.48. The van der Waals surface area contributed by atoms with Crippen LogP contribution in [0.4, 0.5) is 11.5 Å². The van der Waals surface area contributed by atoms with Crippen molar-refractivity contribution >= 4 is 17.0 Å². The second kappa shape index (κ2) is 3.65. The van der Waals surface area contributed by atoms with Crippen LogP contribution in [0.5, 0.6) is 0 Å². The SMILES string of the molecule is Cc1ccc2c(N)c(N3CCCC3)nn2c1C. The predicted molar refractivity (Wildman–Crippen MR) is 70.5 cm³/mol. The van der Waals surface area contributed by atoms with Gasteiger partial charge in [-0.05, 0) is 38.3 Å². The molecule has 0 aliphatic carbocycles. The Hall–Kier alpha value is -1.71. The van der Waals surface area contributed by atoms with Crippen LogP contribution in [0.15, 0.2) is 12.1 Å². The van der Waals surface area contributed by atoms with Crippen molar-refractivity contribution in [3.05, 3.63) is 23.4 Å². The normalized spacial score (nSPS) is 16.0. The first-order valence-electron chi connectivity index (χ1n) is 6.18. The number of nitrogens with zero attached hydrogens (tertiary/aromatic N) is 3. The first-order valence-corrected chi connectivity index (χ1v) is 6.18. The van der Waals surface area contributed by atoms with E-state index in [4.69, 9.17) is 5.73 Å². The van der Waals surface area contributed by atoms with Crippen LogP contribution in [-0.2, 0) is 0 Å². The summed E-state index contributed by atoms with van der Waals surface area (Å²) in [4.78, 5) is 2.29. The lowest BCUT2D eigenvalue weighted by molar-refractivity contribution is 0.859. The highest BCUT2D eigenvalue weighted by molar-refractivity contribution is 5.82. The summed E-state index contributed by atoms with van der Waals surface area (Å²) in [5.41, 5.74) is 10.5. The quantitative estimate of drug-likeness (QED) is 0.816. The van der Waals surface area contributed by atoms with Crippen molar-refractivity contribution < 1.29 is 0 Å². The van der Waals surface area contributed by atoms with Crippen molar-refractivity contribution in [1.82, 2.24) is 9.61 Å². The molecule has 1 aliphatic rings. The van der Waals surface area contributed by atoms with E-state index in [0.717, 1.165) is 30.1 Å². The molecule has 17 heavy (non-hydrogen) atoms. The van der Waals surface area contributed by atoms with Gasteiger partial charge in [0.05, 0.1) is 5.52 Å². The van der Waals surface area contributed by atoms with Crippen LogP contribution in [-0.4, -0.2) is 22.7 Å². The van der Waals surface area contributed by atoms with Crippen LogP contribution >= 0.6 is 0 Å². The van der Waals surface area contributed by atoms with Crippen LogP contribution in [0.25, 0.3) is 5.52 Å². The second-order valence-corrected chi connectivity index (χ2v) is 4.83. The Morgan fingerprint density at radius 2 is 1.88 bits per heavy atom. The highest BCUT2D eigenvalue weighted by Gasteiger charge is 2.20. The molecule has 2 N–H and O–H groups in total. The molecule has 2 aromatic rings. The van der Waals surface area contributed by atoms with Crippen LogP contribution < -0.4 is 10.6 Å². The van der Waals surface area contributed by atoms with Gasteiger partial charge in [-0.15, -0.1) is 5.10 Å². The van der Waals surface area contributed by atoms with Crippen molar-refractivity contribution in [2.24, 2.45) is 0 Å². The van der Waals surface area contributed by atoms with Gasteiger partial charge in [-0.25, -0.2) is 4.52 Å². The summed E-state index contributed by atoms with van der Waals surface area (Å²) in [7, 11) is 0. The topological polar surface area (TPSA) is 46.6 Å². The lowest BCUT2D eigenvalue weighted by atomic mass is 10.2. The molecule has 3 heterocycles. The summed E-state index contributed by atoms with van der Waals surface area (Å²) >= 11 is 0. The Kier molecular flexibility index (Phi) is 2.24. The largest absolute Gasteiger partial charge is 0.394 e. The maximum Gasteiger partial charge on any atom is 0.174 e. The lowest BCUT2D eigenvalue weighted by Gasteiger charge is -2.14.